The average Bonchev–Trinajstić information content (AvgIpc) is 3.41. The van der Waals surface area contributed by atoms with Gasteiger partial charge in [-0.25, -0.2) is 0 Å². The standard InChI is InChI=1S/C21H23N3O3S/c1-2-16-14-17(21(28-16)23-20(25)18-4-3-11-27-18)19(15-5-7-22-8-6-15)24-9-12-26-13-10-24/h3-8,11,14,19H,2,9-10,12-13H2,1H3,(H,23,25)/t19-/m0/s1. The molecule has 0 unspecified atom stereocenters. The maximum Gasteiger partial charge on any atom is 0.291 e. The Bertz CT molecular complexity index is 902. The summed E-state index contributed by atoms with van der Waals surface area (Å²) >= 11 is 1.62. The second-order valence-corrected chi connectivity index (χ2v) is 7.75. The number of aromatic nitrogens is 1. The zero-order valence-electron chi connectivity index (χ0n) is 15.8. The molecule has 3 aromatic rings. The summed E-state index contributed by atoms with van der Waals surface area (Å²) in [7, 11) is 0. The van der Waals surface area contributed by atoms with Gasteiger partial charge < -0.3 is 14.5 Å². The van der Waals surface area contributed by atoms with Crippen LogP contribution in [0.4, 0.5) is 5.00 Å². The summed E-state index contributed by atoms with van der Waals surface area (Å²) in [5.41, 5.74) is 2.26. The van der Waals surface area contributed by atoms with E-state index in [2.05, 4.69) is 28.2 Å². The zero-order chi connectivity index (χ0) is 19.3. The highest BCUT2D eigenvalue weighted by atomic mass is 32.1. The van der Waals surface area contributed by atoms with Crippen LogP contribution >= 0.6 is 11.3 Å². The molecule has 146 valence electrons. The van der Waals surface area contributed by atoms with Crippen LogP contribution in [0, 0.1) is 0 Å². The predicted octanol–water partition coefficient (Wildman–Crippen LogP) is 3.97. The summed E-state index contributed by atoms with van der Waals surface area (Å²) in [6.45, 7) is 5.23. The number of carbonyl (C=O) groups is 1. The molecule has 7 heteroatoms. The van der Waals surface area contributed by atoms with Crippen LogP contribution in [-0.2, 0) is 11.2 Å². The number of morpholine rings is 1. The van der Waals surface area contributed by atoms with Crippen molar-refractivity contribution in [3.8, 4) is 0 Å². The molecule has 1 N–H and O–H groups in total. The molecule has 1 aliphatic heterocycles. The summed E-state index contributed by atoms with van der Waals surface area (Å²) in [4.78, 5) is 20.4. The van der Waals surface area contributed by atoms with E-state index in [9.17, 15) is 4.79 Å². The van der Waals surface area contributed by atoms with E-state index in [0.29, 0.717) is 19.0 Å². The van der Waals surface area contributed by atoms with Crippen LogP contribution in [-0.4, -0.2) is 42.1 Å². The van der Waals surface area contributed by atoms with Crippen molar-refractivity contribution < 1.29 is 13.9 Å². The van der Waals surface area contributed by atoms with Gasteiger partial charge in [0.15, 0.2) is 5.76 Å². The normalized spacial score (nSPS) is 16.0. The number of rotatable bonds is 6. The molecule has 4 rings (SSSR count). The van der Waals surface area contributed by atoms with Crippen molar-refractivity contribution in [3.05, 3.63) is 70.8 Å². The van der Waals surface area contributed by atoms with E-state index in [-0.39, 0.29) is 11.9 Å². The van der Waals surface area contributed by atoms with Crippen molar-refractivity contribution in [2.24, 2.45) is 0 Å². The SMILES string of the molecule is CCc1cc([C@H](c2ccncc2)N2CCOCC2)c(NC(=O)c2ccco2)s1. The largest absolute Gasteiger partial charge is 0.459 e. The van der Waals surface area contributed by atoms with Crippen LogP contribution in [0.25, 0.3) is 0 Å². The summed E-state index contributed by atoms with van der Waals surface area (Å²) in [6, 6.07) is 9.72. The van der Waals surface area contributed by atoms with E-state index < -0.39 is 0 Å². The van der Waals surface area contributed by atoms with Gasteiger partial charge in [-0.3, -0.25) is 14.7 Å². The third-order valence-corrected chi connectivity index (χ3v) is 6.07. The van der Waals surface area contributed by atoms with Gasteiger partial charge in [0.05, 0.1) is 25.5 Å². The van der Waals surface area contributed by atoms with Gasteiger partial charge in [-0.15, -0.1) is 11.3 Å². The zero-order valence-corrected chi connectivity index (χ0v) is 16.6. The number of pyridine rings is 1. The second kappa shape index (κ2) is 8.68. The number of anilines is 1. The maximum atomic E-state index is 12.6. The smallest absolute Gasteiger partial charge is 0.291 e. The van der Waals surface area contributed by atoms with Crippen molar-refractivity contribution >= 4 is 22.2 Å². The molecule has 28 heavy (non-hydrogen) atoms. The third kappa shape index (κ3) is 4.01. The molecule has 0 aliphatic carbocycles. The molecule has 0 radical (unpaired) electrons. The van der Waals surface area contributed by atoms with E-state index in [1.54, 1.807) is 23.5 Å². The fourth-order valence-corrected chi connectivity index (χ4v) is 4.50. The number of carbonyl (C=O) groups excluding carboxylic acids is 1. The Labute approximate surface area is 168 Å². The van der Waals surface area contributed by atoms with E-state index in [1.165, 1.54) is 11.1 Å². The van der Waals surface area contributed by atoms with Gasteiger partial charge in [0.2, 0.25) is 0 Å². The molecule has 1 amide bonds. The molecule has 1 saturated heterocycles. The van der Waals surface area contributed by atoms with Crippen LogP contribution in [0.3, 0.4) is 0 Å². The minimum absolute atomic E-state index is 0.0374. The Morgan fingerprint density at radius 1 is 1.29 bits per heavy atom. The Morgan fingerprint density at radius 2 is 2.07 bits per heavy atom. The molecule has 3 aromatic heterocycles. The van der Waals surface area contributed by atoms with Gasteiger partial charge in [0.1, 0.15) is 5.00 Å². The first-order chi connectivity index (χ1) is 13.8. The van der Waals surface area contributed by atoms with E-state index in [0.717, 1.165) is 35.6 Å². The van der Waals surface area contributed by atoms with Crippen molar-refractivity contribution in [3.63, 3.8) is 0 Å². The lowest BCUT2D eigenvalue weighted by Gasteiger charge is -2.35. The molecular formula is C21H23N3O3S. The first kappa shape index (κ1) is 18.9. The lowest BCUT2D eigenvalue weighted by molar-refractivity contribution is 0.0241. The predicted molar refractivity (Wildman–Crippen MR) is 109 cm³/mol. The molecule has 6 nitrogen and oxygen atoms in total. The van der Waals surface area contributed by atoms with E-state index >= 15 is 0 Å². The van der Waals surface area contributed by atoms with Crippen LogP contribution in [0.1, 0.15) is 39.5 Å². The van der Waals surface area contributed by atoms with Crippen LogP contribution in [0.2, 0.25) is 0 Å². The quantitative estimate of drug-likeness (QED) is 0.682. The highest BCUT2D eigenvalue weighted by molar-refractivity contribution is 7.16. The monoisotopic (exact) mass is 397 g/mol. The Morgan fingerprint density at radius 3 is 2.75 bits per heavy atom. The summed E-state index contributed by atoms with van der Waals surface area (Å²) in [5.74, 6) is 0.0791. The molecule has 0 bridgehead atoms. The van der Waals surface area contributed by atoms with Gasteiger partial charge in [0.25, 0.3) is 5.91 Å². The first-order valence-corrected chi connectivity index (χ1v) is 10.3. The summed E-state index contributed by atoms with van der Waals surface area (Å²) in [6.07, 6.45) is 6.06. The van der Waals surface area contributed by atoms with Gasteiger partial charge in [0, 0.05) is 35.9 Å². The summed E-state index contributed by atoms with van der Waals surface area (Å²) < 4.78 is 10.8. The average molecular weight is 398 g/mol. The molecule has 4 heterocycles. The van der Waals surface area contributed by atoms with Crippen molar-refractivity contribution in [2.45, 2.75) is 19.4 Å². The summed E-state index contributed by atoms with van der Waals surface area (Å²) in [5, 5.41) is 3.94. The fraction of sp³-hybridized carbons (Fsp3) is 0.333. The molecule has 0 aromatic carbocycles. The Balaban J connectivity index is 1.72. The molecule has 0 saturated carbocycles. The topological polar surface area (TPSA) is 67.6 Å². The molecular weight excluding hydrogens is 374 g/mol. The fourth-order valence-electron chi connectivity index (χ4n) is 3.47. The first-order valence-electron chi connectivity index (χ1n) is 9.45. The van der Waals surface area contributed by atoms with E-state index in [1.807, 2.05) is 24.5 Å². The number of amides is 1. The number of hydrogen-bond acceptors (Lipinski definition) is 6. The third-order valence-electron chi connectivity index (χ3n) is 4.86. The highest BCUT2D eigenvalue weighted by Crippen LogP contribution is 2.39. The number of ether oxygens (including phenoxy) is 1. The Hall–Kier alpha value is -2.48. The number of aryl methyl sites for hydroxylation is 1. The highest BCUT2D eigenvalue weighted by Gasteiger charge is 2.28. The van der Waals surface area contributed by atoms with Gasteiger partial charge in [-0.1, -0.05) is 6.92 Å². The van der Waals surface area contributed by atoms with Crippen molar-refractivity contribution in [2.75, 3.05) is 31.6 Å². The van der Waals surface area contributed by atoms with E-state index in [4.69, 9.17) is 9.15 Å². The van der Waals surface area contributed by atoms with Crippen LogP contribution in [0.15, 0.2) is 53.4 Å². The Kier molecular flexibility index (Phi) is 5.85. The molecule has 0 spiro atoms. The van der Waals surface area contributed by atoms with Gasteiger partial charge >= 0.3 is 0 Å². The lowest BCUT2D eigenvalue weighted by Crippen LogP contribution is -2.39. The second-order valence-electron chi connectivity index (χ2n) is 6.61. The number of furan rings is 1. The molecule has 1 fully saturated rings. The maximum absolute atomic E-state index is 12.6. The molecule has 1 atom stereocenters. The minimum atomic E-state index is -0.230. The van der Waals surface area contributed by atoms with Crippen molar-refractivity contribution in [1.82, 2.24) is 9.88 Å². The number of hydrogen-bond donors (Lipinski definition) is 1. The lowest BCUT2D eigenvalue weighted by atomic mass is 9.98. The molecule has 1 aliphatic rings. The number of nitrogens with zero attached hydrogens (tertiary/aromatic N) is 2. The number of thiophene rings is 1. The van der Waals surface area contributed by atoms with Crippen molar-refractivity contribution in [1.29, 1.82) is 0 Å². The van der Waals surface area contributed by atoms with Gasteiger partial charge in [-0.05, 0) is 42.3 Å². The van der Waals surface area contributed by atoms with Gasteiger partial charge in [-0.2, -0.15) is 0 Å². The van der Waals surface area contributed by atoms with Crippen LogP contribution in [0.5, 0.6) is 0 Å². The minimum Gasteiger partial charge on any atom is -0.459 e. The van der Waals surface area contributed by atoms with Crippen LogP contribution < -0.4 is 5.32 Å². The number of nitrogens with one attached hydrogen (secondary N) is 1.